The number of halogens is 4. The number of benzene rings is 2. The number of amides is 3. The zero-order valence-corrected chi connectivity index (χ0v) is 13.8. The van der Waals surface area contributed by atoms with Crippen LogP contribution in [0.2, 0.25) is 5.02 Å². The maximum atomic E-state index is 12.6. The van der Waals surface area contributed by atoms with Gasteiger partial charge in [-0.25, -0.2) is 4.79 Å². The molecule has 0 radical (unpaired) electrons. The molecule has 2 aromatic rings. The second-order valence-corrected chi connectivity index (χ2v) is 5.41. The first-order chi connectivity index (χ1) is 12.5. The fourth-order valence-electron chi connectivity index (χ4n) is 1.99. The first-order valence-electron chi connectivity index (χ1n) is 6.93. The van der Waals surface area contributed by atoms with Crippen LogP contribution in [0.25, 0.3) is 0 Å². The average Bonchev–Trinajstić information content (AvgIpc) is 2.54. The summed E-state index contributed by atoms with van der Waals surface area (Å²) in [6, 6.07) is 4.04. The van der Waals surface area contributed by atoms with Crippen molar-refractivity contribution in [1.82, 2.24) is 5.32 Å². The standard InChI is InChI=1S/C15H9ClF3N3O5/c16-10-5-7(15(17,18)19)1-4-12(10)27-8-2-3-11(22(25)26)9(6-8)13(23)21-14(20)24/h1-6H,(H3,20,21,23,24). The van der Waals surface area contributed by atoms with E-state index in [2.05, 4.69) is 0 Å². The van der Waals surface area contributed by atoms with Gasteiger partial charge in [0.1, 0.15) is 17.1 Å². The van der Waals surface area contributed by atoms with Crippen LogP contribution >= 0.6 is 11.6 Å². The van der Waals surface area contributed by atoms with Crippen LogP contribution in [0.4, 0.5) is 23.7 Å². The van der Waals surface area contributed by atoms with Crippen LogP contribution in [0.1, 0.15) is 15.9 Å². The van der Waals surface area contributed by atoms with Crippen molar-refractivity contribution in [3.05, 3.63) is 62.7 Å². The van der Waals surface area contributed by atoms with Gasteiger partial charge in [-0.3, -0.25) is 20.2 Å². The van der Waals surface area contributed by atoms with Crippen LogP contribution in [0.15, 0.2) is 36.4 Å². The number of carbonyl (C=O) groups excluding carboxylic acids is 2. The Morgan fingerprint density at radius 1 is 1.19 bits per heavy atom. The van der Waals surface area contributed by atoms with E-state index in [9.17, 15) is 32.9 Å². The SMILES string of the molecule is NC(=O)NC(=O)c1cc(Oc2ccc(C(F)(F)F)cc2Cl)ccc1[N+](=O)[O-]. The Bertz CT molecular complexity index is 933. The number of hydrogen-bond donors (Lipinski definition) is 2. The number of nitrogens with zero attached hydrogens (tertiary/aromatic N) is 1. The average molecular weight is 404 g/mol. The van der Waals surface area contributed by atoms with Gasteiger partial charge in [-0.2, -0.15) is 13.2 Å². The van der Waals surface area contributed by atoms with Crippen molar-refractivity contribution < 1.29 is 32.4 Å². The fraction of sp³-hybridized carbons (Fsp3) is 0.0667. The number of rotatable bonds is 4. The number of nitro groups is 1. The molecule has 0 aliphatic heterocycles. The normalized spacial score (nSPS) is 11.0. The number of urea groups is 1. The molecule has 0 aliphatic rings. The molecular formula is C15H9ClF3N3O5. The van der Waals surface area contributed by atoms with Crippen molar-refractivity contribution in [1.29, 1.82) is 0 Å². The highest BCUT2D eigenvalue weighted by Crippen LogP contribution is 2.37. The van der Waals surface area contributed by atoms with Crippen LogP contribution in [0.5, 0.6) is 11.5 Å². The van der Waals surface area contributed by atoms with Crippen LogP contribution in [0, 0.1) is 10.1 Å². The Morgan fingerprint density at radius 3 is 2.37 bits per heavy atom. The summed E-state index contributed by atoms with van der Waals surface area (Å²) in [5.41, 5.74) is 2.63. The molecule has 0 saturated heterocycles. The highest BCUT2D eigenvalue weighted by atomic mass is 35.5. The van der Waals surface area contributed by atoms with E-state index in [1.807, 2.05) is 0 Å². The number of nitrogens with one attached hydrogen (secondary N) is 1. The van der Waals surface area contributed by atoms with E-state index in [0.29, 0.717) is 6.07 Å². The summed E-state index contributed by atoms with van der Waals surface area (Å²) < 4.78 is 43.2. The van der Waals surface area contributed by atoms with Gasteiger partial charge in [0.15, 0.2) is 0 Å². The molecule has 0 heterocycles. The second-order valence-electron chi connectivity index (χ2n) is 5.00. The lowest BCUT2D eigenvalue weighted by Crippen LogP contribution is -2.35. The third-order valence-electron chi connectivity index (χ3n) is 3.13. The molecule has 3 N–H and O–H groups in total. The molecule has 0 fully saturated rings. The Hall–Kier alpha value is -3.34. The van der Waals surface area contributed by atoms with E-state index >= 15 is 0 Å². The van der Waals surface area contributed by atoms with Gasteiger partial charge in [-0.05, 0) is 24.3 Å². The van der Waals surface area contributed by atoms with Gasteiger partial charge < -0.3 is 10.5 Å². The van der Waals surface area contributed by atoms with Gasteiger partial charge in [0.2, 0.25) is 0 Å². The number of primary amides is 1. The number of alkyl halides is 3. The highest BCUT2D eigenvalue weighted by molar-refractivity contribution is 6.32. The molecule has 0 aliphatic carbocycles. The molecule has 0 unspecified atom stereocenters. The fourth-order valence-corrected chi connectivity index (χ4v) is 2.20. The van der Waals surface area contributed by atoms with Crippen molar-refractivity contribution in [3.63, 3.8) is 0 Å². The summed E-state index contributed by atoms with van der Waals surface area (Å²) in [5.74, 6) is -1.48. The summed E-state index contributed by atoms with van der Waals surface area (Å²) in [5, 5.41) is 12.3. The first-order valence-corrected chi connectivity index (χ1v) is 7.30. The Balaban J connectivity index is 2.38. The summed E-state index contributed by atoms with van der Waals surface area (Å²) in [4.78, 5) is 32.8. The van der Waals surface area contributed by atoms with E-state index in [-0.39, 0.29) is 16.5 Å². The molecule has 12 heteroatoms. The smallest absolute Gasteiger partial charge is 0.416 e. The van der Waals surface area contributed by atoms with Gasteiger partial charge in [-0.15, -0.1) is 0 Å². The van der Waals surface area contributed by atoms with E-state index in [4.69, 9.17) is 22.1 Å². The largest absolute Gasteiger partial charge is 0.456 e. The number of ether oxygens (including phenoxy) is 1. The summed E-state index contributed by atoms with van der Waals surface area (Å²) >= 11 is 5.76. The molecule has 0 saturated carbocycles. The third-order valence-corrected chi connectivity index (χ3v) is 3.43. The molecule has 27 heavy (non-hydrogen) atoms. The monoisotopic (exact) mass is 403 g/mol. The van der Waals surface area contributed by atoms with Gasteiger partial charge in [-0.1, -0.05) is 11.6 Å². The minimum absolute atomic E-state index is 0.142. The predicted molar refractivity (Wildman–Crippen MR) is 86.7 cm³/mol. The minimum atomic E-state index is -4.60. The summed E-state index contributed by atoms with van der Waals surface area (Å²) in [7, 11) is 0. The Labute approximate surface area is 153 Å². The van der Waals surface area contributed by atoms with Gasteiger partial charge >= 0.3 is 12.2 Å². The number of nitro benzene ring substituents is 1. The molecule has 2 aromatic carbocycles. The number of imide groups is 1. The van der Waals surface area contributed by atoms with Crippen molar-refractivity contribution >= 4 is 29.2 Å². The van der Waals surface area contributed by atoms with E-state index in [1.165, 1.54) is 0 Å². The maximum absolute atomic E-state index is 12.6. The lowest BCUT2D eigenvalue weighted by atomic mass is 10.1. The Kier molecular flexibility index (Phi) is 5.55. The van der Waals surface area contributed by atoms with Crippen LogP contribution in [-0.2, 0) is 6.18 Å². The lowest BCUT2D eigenvalue weighted by Gasteiger charge is -2.12. The van der Waals surface area contributed by atoms with Crippen molar-refractivity contribution in [2.75, 3.05) is 0 Å². The maximum Gasteiger partial charge on any atom is 0.416 e. The van der Waals surface area contributed by atoms with E-state index in [1.54, 1.807) is 5.32 Å². The minimum Gasteiger partial charge on any atom is -0.456 e. The first kappa shape index (κ1) is 20.0. The molecule has 0 aromatic heterocycles. The predicted octanol–water partition coefficient (Wildman–Crippen LogP) is 3.87. The number of hydrogen-bond acceptors (Lipinski definition) is 5. The number of carbonyl (C=O) groups is 2. The summed E-state index contributed by atoms with van der Waals surface area (Å²) in [6.07, 6.45) is -4.60. The van der Waals surface area contributed by atoms with Crippen LogP contribution in [0.3, 0.4) is 0 Å². The van der Waals surface area contributed by atoms with Crippen molar-refractivity contribution in [3.8, 4) is 11.5 Å². The zero-order valence-electron chi connectivity index (χ0n) is 13.0. The van der Waals surface area contributed by atoms with Gasteiger partial charge in [0, 0.05) is 12.1 Å². The quantitative estimate of drug-likeness (QED) is 0.592. The lowest BCUT2D eigenvalue weighted by molar-refractivity contribution is -0.385. The molecule has 2 rings (SSSR count). The van der Waals surface area contributed by atoms with E-state index < -0.39 is 39.9 Å². The Morgan fingerprint density at radius 2 is 1.85 bits per heavy atom. The van der Waals surface area contributed by atoms with Crippen molar-refractivity contribution in [2.24, 2.45) is 5.73 Å². The van der Waals surface area contributed by atoms with E-state index in [0.717, 1.165) is 30.3 Å². The summed E-state index contributed by atoms with van der Waals surface area (Å²) in [6.45, 7) is 0. The molecule has 0 atom stereocenters. The number of nitrogens with two attached hydrogens (primary N) is 1. The molecule has 142 valence electrons. The molecule has 0 bridgehead atoms. The van der Waals surface area contributed by atoms with Gasteiger partial charge in [0.25, 0.3) is 11.6 Å². The van der Waals surface area contributed by atoms with Crippen molar-refractivity contribution in [2.45, 2.75) is 6.18 Å². The molecule has 8 nitrogen and oxygen atoms in total. The van der Waals surface area contributed by atoms with Gasteiger partial charge in [0.05, 0.1) is 15.5 Å². The third kappa shape index (κ3) is 4.85. The highest BCUT2D eigenvalue weighted by Gasteiger charge is 2.31. The van der Waals surface area contributed by atoms with Crippen LogP contribution in [-0.4, -0.2) is 16.9 Å². The second kappa shape index (κ2) is 7.50. The topological polar surface area (TPSA) is 125 Å². The molecular weight excluding hydrogens is 395 g/mol. The molecule has 0 spiro atoms. The zero-order chi connectivity index (χ0) is 20.4. The van der Waals surface area contributed by atoms with Crippen LogP contribution < -0.4 is 15.8 Å². The molecule has 3 amide bonds.